The molecule has 1 saturated heterocycles. The van der Waals surface area contributed by atoms with Crippen LogP contribution < -0.4 is 5.73 Å². The molecule has 2 fully saturated rings. The molecule has 1 atom stereocenters. The predicted molar refractivity (Wildman–Crippen MR) is 69.0 cm³/mol. The lowest BCUT2D eigenvalue weighted by molar-refractivity contribution is -0.109. The minimum atomic E-state index is -0.0680. The largest absolute Gasteiger partial charge is 0.376 e. The second-order valence-corrected chi connectivity index (χ2v) is 6.50. The fraction of sp³-hybridized carbons (Fsp3) is 1.00. The van der Waals surface area contributed by atoms with Crippen LogP contribution in [0.4, 0.5) is 0 Å². The molecule has 100 valence electrons. The van der Waals surface area contributed by atoms with Crippen LogP contribution in [0.15, 0.2) is 0 Å². The van der Waals surface area contributed by atoms with Gasteiger partial charge in [-0.1, -0.05) is 13.8 Å². The van der Waals surface area contributed by atoms with Crippen molar-refractivity contribution in [2.24, 2.45) is 11.1 Å². The maximum atomic E-state index is 6.15. The van der Waals surface area contributed by atoms with Gasteiger partial charge in [-0.15, -0.1) is 0 Å². The van der Waals surface area contributed by atoms with Crippen molar-refractivity contribution in [3.8, 4) is 0 Å². The van der Waals surface area contributed by atoms with Crippen molar-refractivity contribution >= 4 is 0 Å². The van der Waals surface area contributed by atoms with E-state index in [2.05, 4.69) is 13.8 Å². The molecule has 0 aromatic carbocycles. The summed E-state index contributed by atoms with van der Waals surface area (Å²) in [5.41, 5.74) is 6.34. The van der Waals surface area contributed by atoms with E-state index >= 15 is 0 Å². The number of nitrogens with two attached hydrogens (primary N) is 1. The molecule has 0 radical (unpaired) electrons. The molecule has 1 heterocycles. The summed E-state index contributed by atoms with van der Waals surface area (Å²) >= 11 is 0. The third kappa shape index (κ3) is 3.43. The lowest BCUT2D eigenvalue weighted by Crippen LogP contribution is -2.46. The van der Waals surface area contributed by atoms with E-state index in [0.29, 0.717) is 18.1 Å². The standard InChI is InChI=1S/C14H27NO2/c1-13(2)5-7-14(11-15,8-6-13)17-10-12-4-3-9-16-12/h12H,3-11,15H2,1-2H3. The Balaban J connectivity index is 1.82. The molecular weight excluding hydrogens is 214 g/mol. The number of ether oxygens (including phenoxy) is 2. The van der Waals surface area contributed by atoms with Gasteiger partial charge in [-0.25, -0.2) is 0 Å². The fourth-order valence-electron chi connectivity index (χ4n) is 2.84. The van der Waals surface area contributed by atoms with Crippen LogP contribution in [-0.2, 0) is 9.47 Å². The summed E-state index contributed by atoms with van der Waals surface area (Å²) in [6, 6.07) is 0. The van der Waals surface area contributed by atoms with Gasteiger partial charge in [0, 0.05) is 13.2 Å². The number of hydrogen-bond acceptors (Lipinski definition) is 3. The maximum Gasteiger partial charge on any atom is 0.0809 e. The quantitative estimate of drug-likeness (QED) is 0.822. The Kier molecular flexibility index (Phi) is 4.11. The molecule has 2 aliphatic rings. The minimum absolute atomic E-state index is 0.0680. The van der Waals surface area contributed by atoms with E-state index < -0.39 is 0 Å². The van der Waals surface area contributed by atoms with E-state index in [9.17, 15) is 0 Å². The first-order valence-corrected chi connectivity index (χ1v) is 7.01. The van der Waals surface area contributed by atoms with Gasteiger partial charge in [0.05, 0.1) is 18.3 Å². The number of hydrogen-bond donors (Lipinski definition) is 1. The normalized spacial score (nSPS) is 31.6. The van der Waals surface area contributed by atoms with Gasteiger partial charge in [0.15, 0.2) is 0 Å². The van der Waals surface area contributed by atoms with Gasteiger partial charge >= 0.3 is 0 Å². The Bertz CT molecular complexity index is 237. The van der Waals surface area contributed by atoms with Crippen LogP contribution in [0.25, 0.3) is 0 Å². The zero-order valence-corrected chi connectivity index (χ0v) is 11.3. The van der Waals surface area contributed by atoms with Crippen LogP contribution >= 0.6 is 0 Å². The van der Waals surface area contributed by atoms with Crippen molar-refractivity contribution in [1.82, 2.24) is 0 Å². The molecule has 0 aromatic rings. The summed E-state index contributed by atoms with van der Waals surface area (Å²) in [5, 5.41) is 0. The topological polar surface area (TPSA) is 44.5 Å². The SMILES string of the molecule is CC1(C)CCC(CN)(OCC2CCCO2)CC1. The van der Waals surface area contributed by atoms with Crippen molar-refractivity contribution < 1.29 is 9.47 Å². The highest BCUT2D eigenvalue weighted by molar-refractivity contribution is 4.91. The van der Waals surface area contributed by atoms with Gasteiger partial charge in [-0.2, -0.15) is 0 Å². The van der Waals surface area contributed by atoms with Crippen molar-refractivity contribution in [1.29, 1.82) is 0 Å². The molecular formula is C14H27NO2. The summed E-state index contributed by atoms with van der Waals surface area (Å²) in [5.74, 6) is 0. The highest BCUT2D eigenvalue weighted by Gasteiger charge is 2.38. The first-order chi connectivity index (χ1) is 8.05. The van der Waals surface area contributed by atoms with Gasteiger partial charge in [0.1, 0.15) is 0 Å². The Labute approximate surface area is 105 Å². The van der Waals surface area contributed by atoms with E-state index in [1.807, 2.05) is 0 Å². The predicted octanol–water partition coefficient (Wildman–Crippen LogP) is 2.48. The molecule has 0 spiro atoms. The monoisotopic (exact) mass is 241 g/mol. The molecule has 1 unspecified atom stereocenters. The average molecular weight is 241 g/mol. The van der Waals surface area contributed by atoms with E-state index in [0.717, 1.165) is 32.5 Å². The van der Waals surface area contributed by atoms with Crippen molar-refractivity contribution in [2.75, 3.05) is 19.8 Å². The average Bonchev–Trinajstić information content (AvgIpc) is 2.82. The minimum Gasteiger partial charge on any atom is -0.376 e. The molecule has 3 nitrogen and oxygen atoms in total. The Morgan fingerprint density at radius 3 is 2.47 bits per heavy atom. The van der Waals surface area contributed by atoms with E-state index in [-0.39, 0.29) is 5.60 Å². The van der Waals surface area contributed by atoms with E-state index in [1.165, 1.54) is 19.3 Å². The van der Waals surface area contributed by atoms with Crippen LogP contribution in [0.1, 0.15) is 52.4 Å². The van der Waals surface area contributed by atoms with Crippen molar-refractivity contribution in [3.63, 3.8) is 0 Å². The second-order valence-electron chi connectivity index (χ2n) is 6.50. The zero-order chi connectivity index (χ0) is 12.4. The molecule has 1 aliphatic heterocycles. The molecule has 2 N–H and O–H groups in total. The van der Waals surface area contributed by atoms with E-state index in [1.54, 1.807) is 0 Å². The van der Waals surface area contributed by atoms with Gasteiger partial charge < -0.3 is 15.2 Å². The lowest BCUT2D eigenvalue weighted by Gasteiger charge is -2.43. The van der Waals surface area contributed by atoms with Gasteiger partial charge in [-0.05, 0) is 43.9 Å². The van der Waals surface area contributed by atoms with Crippen LogP contribution in [0.5, 0.6) is 0 Å². The van der Waals surface area contributed by atoms with Crippen LogP contribution in [-0.4, -0.2) is 31.5 Å². The zero-order valence-electron chi connectivity index (χ0n) is 11.3. The highest BCUT2D eigenvalue weighted by atomic mass is 16.5. The van der Waals surface area contributed by atoms with Crippen LogP contribution in [0.3, 0.4) is 0 Å². The highest BCUT2D eigenvalue weighted by Crippen LogP contribution is 2.41. The smallest absolute Gasteiger partial charge is 0.0809 e. The van der Waals surface area contributed by atoms with E-state index in [4.69, 9.17) is 15.2 Å². The molecule has 1 aliphatic carbocycles. The summed E-state index contributed by atoms with van der Waals surface area (Å²) in [4.78, 5) is 0. The first kappa shape index (κ1) is 13.3. The van der Waals surface area contributed by atoms with Crippen LogP contribution in [0, 0.1) is 5.41 Å². The molecule has 0 amide bonds. The molecule has 3 heteroatoms. The summed E-state index contributed by atoms with van der Waals surface area (Å²) in [6.07, 6.45) is 7.27. The first-order valence-electron chi connectivity index (χ1n) is 7.01. The summed E-state index contributed by atoms with van der Waals surface area (Å²) in [7, 11) is 0. The van der Waals surface area contributed by atoms with Gasteiger partial charge in [-0.3, -0.25) is 0 Å². The Hall–Kier alpha value is -0.120. The Morgan fingerprint density at radius 2 is 1.94 bits per heavy atom. The van der Waals surface area contributed by atoms with Crippen molar-refractivity contribution in [3.05, 3.63) is 0 Å². The molecule has 17 heavy (non-hydrogen) atoms. The summed E-state index contributed by atoms with van der Waals surface area (Å²) < 4.78 is 11.8. The third-order valence-corrected chi connectivity index (χ3v) is 4.49. The molecule has 0 bridgehead atoms. The lowest BCUT2D eigenvalue weighted by atomic mass is 9.71. The second kappa shape index (κ2) is 5.25. The molecule has 0 aromatic heterocycles. The van der Waals surface area contributed by atoms with Crippen molar-refractivity contribution in [2.45, 2.75) is 64.1 Å². The maximum absolute atomic E-state index is 6.15. The molecule has 1 saturated carbocycles. The van der Waals surface area contributed by atoms with Crippen LogP contribution in [0.2, 0.25) is 0 Å². The van der Waals surface area contributed by atoms with Gasteiger partial charge in [0.2, 0.25) is 0 Å². The molecule has 2 rings (SSSR count). The fourth-order valence-corrected chi connectivity index (χ4v) is 2.84. The van der Waals surface area contributed by atoms with Gasteiger partial charge in [0.25, 0.3) is 0 Å². The third-order valence-electron chi connectivity index (χ3n) is 4.49. The summed E-state index contributed by atoms with van der Waals surface area (Å²) in [6.45, 7) is 6.96. The Morgan fingerprint density at radius 1 is 1.24 bits per heavy atom. The number of rotatable bonds is 4.